The first-order valence-corrected chi connectivity index (χ1v) is 7.39. The molecule has 0 bridgehead atoms. The molecule has 112 valence electrons. The first-order chi connectivity index (χ1) is 10.7. The van der Waals surface area contributed by atoms with Crippen molar-refractivity contribution >= 4 is 16.7 Å². The van der Waals surface area contributed by atoms with Gasteiger partial charge in [-0.2, -0.15) is 0 Å². The maximum atomic E-state index is 12.0. The lowest BCUT2D eigenvalue weighted by Crippen LogP contribution is -2.15. The van der Waals surface area contributed by atoms with E-state index in [2.05, 4.69) is 36.2 Å². The Labute approximate surface area is 129 Å². The van der Waals surface area contributed by atoms with Crippen LogP contribution in [0.2, 0.25) is 0 Å². The number of ether oxygens (including phenoxy) is 1. The largest absolute Gasteiger partial charge is 0.461 e. The zero-order chi connectivity index (χ0) is 15.5. The minimum absolute atomic E-state index is 0.00648. The Morgan fingerprint density at radius 1 is 1.23 bits per heavy atom. The number of carbonyl (C=O) groups is 1. The van der Waals surface area contributed by atoms with Gasteiger partial charge in [0.05, 0.1) is 25.2 Å². The monoisotopic (exact) mass is 294 g/mol. The Kier molecular flexibility index (Phi) is 3.92. The number of imidazole rings is 1. The summed E-state index contributed by atoms with van der Waals surface area (Å²) in [5.74, 6) is -0.341. The molecule has 4 nitrogen and oxygen atoms in total. The first-order valence-electron chi connectivity index (χ1n) is 7.39. The van der Waals surface area contributed by atoms with Gasteiger partial charge in [-0.15, -0.1) is 0 Å². The lowest BCUT2D eigenvalue weighted by molar-refractivity contribution is 0.0512. The molecular formula is C18H18N2O2. The Balaban J connectivity index is 2.06. The summed E-state index contributed by atoms with van der Waals surface area (Å²) in [5.41, 5.74) is 1.63. The number of fused-ring (bicyclic) bond motifs is 1. The van der Waals surface area contributed by atoms with Crippen LogP contribution in [0, 0.1) is 0 Å². The van der Waals surface area contributed by atoms with Crippen LogP contribution in [0.15, 0.2) is 55.0 Å². The molecule has 0 aliphatic heterocycles. The fraction of sp³-hybridized carbons (Fsp3) is 0.222. The van der Waals surface area contributed by atoms with E-state index in [0.717, 1.165) is 5.56 Å². The van der Waals surface area contributed by atoms with E-state index in [-0.39, 0.29) is 12.0 Å². The second-order valence-electron chi connectivity index (χ2n) is 5.15. The zero-order valence-electron chi connectivity index (χ0n) is 12.7. The molecule has 0 N–H and O–H groups in total. The number of esters is 1. The van der Waals surface area contributed by atoms with E-state index in [1.807, 2.05) is 22.8 Å². The van der Waals surface area contributed by atoms with Crippen molar-refractivity contribution in [2.75, 3.05) is 6.61 Å². The van der Waals surface area contributed by atoms with Gasteiger partial charge in [0, 0.05) is 0 Å². The van der Waals surface area contributed by atoms with Crippen molar-refractivity contribution in [2.45, 2.75) is 19.9 Å². The molecule has 0 saturated carbocycles. The van der Waals surface area contributed by atoms with Gasteiger partial charge in [-0.05, 0) is 30.2 Å². The summed E-state index contributed by atoms with van der Waals surface area (Å²) in [5, 5.41) is 2.37. The van der Waals surface area contributed by atoms with Crippen LogP contribution in [-0.4, -0.2) is 22.1 Å². The molecule has 3 rings (SSSR count). The van der Waals surface area contributed by atoms with E-state index >= 15 is 0 Å². The molecular weight excluding hydrogens is 276 g/mol. The molecule has 0 aliphatic carbocycles. The number of aromatic nitrogens is 2. The second-order valence-corrected chi connectivity index (χ2v) is 5.15. The summed E-state index contributed by atoms with van der Waals surface area (Å²) < 4.78 is 6.96. The van der Waals surface area contributed by atoms with Gasteiger partial charge in [-0.1, -0.05) is 42.5 Å². The Morgan fingerprint density at radius 2 is 2.00 bits per heavy atom. The molecule has 0 aliphatic rings. The molecule has 1 heterocycles. The summed E-state index contributed by atoms with van der Waals surface area (Å²) in [4.78, 5) is 16.2. The van der Waals surface area contributed by atoms with Crippen LogP contribution in [-0.2, 0) is 4.74 Å². The van der Waals surface area contributed by atoms with Crippen molar-refractivity contribution in [3.05, 3.63) is 66.2 Å². The Morgan fingerprint density at radius 3 is 2.82 bits per heavy atom. The number of nitrogens with zero attached hydrogens (tertiary/aromatic N) is 2. The van der Waals surface area contributed by atoms with Gasteiger partial charge in [0.25, 0.3) is 0 Å². The molecule has 1 atom stereocenters. The summed E-state index contributed by atoms with van der Waals surface area (Å²) in [6, 6.07) is 14.4. The van der Waals surface area contributed by atoms with Crippen molar-refractivity contribution in [2.24, 2.45) is 0 Å². The fourth-order valence-corrected chi connectivity index (χ4v) is 2.74. The van der Waals surface area contributed by atoms with Gasteiger partial charge in [0.1, 0.15) is 5.69 Å². The topological polar surface area (TPSA) is 44.1 Å². The highest BCUT2D eigenvalue weighted by atomic mass is 16.5. The third kappa shape index (κ3) is 2.48. The summed E-state index contributed by atoms with van der Waals surface area (Å²) >= 11 is 0. The lowest BCUT2D eigenvalue weighted by Gasteiger charge is -2.18. The Bertz CT molecular complexity index is 802. The summed E-state index contributed by atoms with van der Waals surface area (Å²) in [6.45, 7) is 4.21. The Hall–Kier alpha value is -2.62. The van der Waals surface area contributed by atoms with Gasteiger partial charge in [0.2, 0.25) is 0 Å². The molecule has 0 amide bonds. The highest BCUT2D eigenvalue weighted by Crippen LogP contribution is 2.27. The van der Waals surface area contributed by atoms with Crippen LogP contribution in [0.4, 0.5) is 0 Å². The van der Waals surface area contributed by atoms with E-state index in [1.165, 1.54) is 10.8 Å². The van der Waals surface area contributed by atoms with Crippen molar-refractivity contribution in [3.63, 3.8) is 0 Å². The number of hydrogen-bond donors (Lipinski definition) is 0. The number of benzene rings is 2. The molecule has 2 aromatic carbocycles. The van der Waals surface area contributed by atoms with Gasteiger partial charge in [-0.3, -0.25) is 0 Å². The highest BCUT2D eigenvalue weighted by Gasteiger charge is 2.19. The number of rotatable bonds is 4. The van der Waals surface area contributed by atoms with Gasteiger partial charge in [-0.25, -0.2) is 9.78 Å². The quantitative estimate of drug-likeness (QED) is 0.687. The van der Waals surface area contributed by atoms with Crippen LogP contribution < -0.4 is 0 Å². The summed E-state index contributed by atoms with van der Waals surface area (Å²) in [7, 11) is 0. The minimum atomic E-state index is -0.341. The fourth-order valence-electron chi connectivity index (χ4n) is 2.74. The van der Waals surface area contributed by atoms with Crippen molar-refractivity contribution < 1.29 is 9.53 Å². The predicted molar refractivity (Wildman–Crippen MR) is 85.9 cm³/mol. The predicted octanol–water partition coefficient (Wildman–Crippen LogP) is 3.82. The molecule has 0 spiro atoms. The maximum absolute atomic E-state index is 12.0. The molecule has 0 saturated heterocycles. The SMILES string of the molecule is CCOC(=O)c1cncn1[C@H](C)c1cccc2ccccc12. The molecule has 22 heavy (non-hydrogen) atoms. The van der Waals surface area contributed by atoms with Crippen LogP contribution in [0.5, 0.6) is 0 Å². The number of carbonyl (C=O) groups excluding carboxylic acids is 1. The van der Waals surface area contributed by atoms with Gasteiger partial charge >= 0.3 is 5.97 Å². The number of hydrogen-bond acceptors (Lipinski definition) is 3. The highest BCUT2D eigenvalue weighted by molar-refractivity contribution is 5.88. The van der Waals surface area contributed by atoms with E-state index in [0.29, 0.717) is 12.3 Å². The average molecular weight is 294 g/mol. The van der Waals surface area contributed by atoms with E-state index in [1.54, 1.807) is 19.4 Å². The molecule has 1 aromatic heterocycles. The third-order valence-electron chi connectivity index (χ3n) is 3.84. The summed E-state index contributed by atoms with van der Waals surface area (Å²) in [6.07, 6.45) is 3.23. The lowest BCUT2D eigenvalue weighted by atomic mass is 9.99. The van der Waals surface area contributed by atoms with Crippen molar-refractivity contribution in [1.82, 2.24) is 9.55 Å². The maximum Gasteiger partial charge on any atom is 0.356 e. The smallest absolute Gasteiger partial charge is 0.356 e. The van der Waals surface area contributed by atoms with E-state index < -0.39 is 0 Å². The van der Waals surface area contributed by atoms with E-state index in [4.69, 9.17) is 4.74 Å². The van der Waals surface area contributed by atoms with Crippen LogP contribution in [0.1, 0.15) is 35.9 Å². The molecule has 0 unspecified atom stereocenters. The molecule has 0 fully saturated rings. The van der Waals surface area contributed by atoms with E-state index in [9.17, 15) is 4.79 Å². The van der Waals surface area contributed by atoms with Crippen LogP contribution in [0.3, 0.4) is 0 Å². The van der Waals surface area contributed by atoms with Crippen molar-refractivity contribution in [3.8, 4) is 0 Å². The van der Waals surface area contributed by atoms with Gasteiger partial charge < -0.3 is 9.30 Å². The first kappa shape index (κ1) is 14.3. The zero-order valence-corrected chi connectivity index (χ0v) is 12.7. The molecule has 0 radical (unpaired) electrons. The third-order valence-corrected chi connectivity index (χ3v) is 3.84. The van der Waals surface area contributed by atoms with Crippen LogP contribution in [0.25, 0.3) is 10.8 Å². The molecule has 3 aromatic rings. The minimum Gasteiger partial charge on any atom is -0.461 e. The second kappa shape index (κ2) is 6.02. The average Bonchev–Trinajstić information content (AvgIpc) is 3.03. The van der Waals surface area contributed by atoms with Gasteiger partial charge in [0.15, 0.2) is 0 Å². The standard InChI is InChI=1S/C18H18N2O2/c1-3-22-18(21)17-11-19-12-20(17)13(2)15-10-6-8-14-7-4-5-9-16(14)15/h4-13H,3H2,1-2H3/t13-/m1/s1. The molecule has 4 heteroatoms. The van der Waals surface area contributed by atoms with Crippen molar-refractivity contribution in [1.29, 1.82) is 0 Å². The van der Waals surface area contributed by atoms with Crippen LogP contribution >= 0.6 is 0 Å². The normalized spacial score (nSPS) is 12.3.